The number of H-pyrrole nitrogens is 1. The van der Waals surface area contributed by atoms with E-state index in [0.29, 0.717) is 0 Å². The van der Waals surface area contributed by atoms with Crippen molar-refractivity contribution < 1.29 is 0 Å². The van der Waals surface area contributed by atoms with Gasteiger partial charge in [-0.25, -0.2) is 9.97 Å². The molecule has 0 amide bonds. The fourth-order valence-corrected chi connectivity index (χ4v) is 0.833. The van der Waals surface area contributed by atoms with E-state index < -0.39 is 0 Å². The van der Waals surface area contributed by atoms with Crippen molar-refractivity contribution in [1.29, 1.82) is 0 Å². The number of nitrogens with zero attached hydrogens (tertiary/aromatic N) is 3. The maximum absolute atomic E-state index is 4.10. The van der Waals surface area contributed by atoms with Crippen molar-refractivity contribution in [2.45, 2.75) is 0 Å². The molecule has 0 saturated heterocycles. The minimum Gasteiger partial charge on any atom is -0.363 e. The van der Waals surface area contributed by atoms with Gasteiger partial charge in [-0.05, 0) is 12.1 Å². The Kier molecular flexibility index (Phi) is 4.20. The van der Waals surface area contributed by atoms with Gasteiger partial charge in [0.05, 0.1) is 6.33 Å². The Balaban J connectivity index is 0.000000165. The molecule has 0 aliphatic carbocycles. The van der Waals surface area contributed by atoms with Crippen LogP contribution in [0.4, 0.5) is 5.82 Å². The van der Waals surface area contributed by atoms with Gasteiger partial charge >= 0.3 is 0 Å². The number of aromatic amines is 1. The average molecular weight is 190 g/mol. The molecule has 0 aromatic carbocycles. The monoisotopic (exact) mass is 190 g/mol. The lowest BCUT2D eigenvalue weighted by Crippen LogP contribution is -2.09. The Labute approximate surface area is 83.6 Å². The third-order valence-electron chi connectivity index (χ3n) is 1.51. The van der Waals surface area contributed by atoms with Crippen LogP contribution in [-0.4, -0.2) is 29.0 Å². The van der Waals surface area contributed by atoms with Gasteiger partial charge in [0, 0.05) is 32.7 Å². The van der Waals surface area contributed by atoms with Crippen LogP contribution in [0.2, 0.25) is 0 Å². The molecule has 0 fully saturated rings. The predicted octanol–water partition coefficient (Wildman–Crippen LogP) is 1.56. The van der Waals surface area contributed by atoms with Gasteiger partial charge in [0.15, 0.2) is 0 Å². The smallest absolute Gasteiger partial charge is 0.127 e. The molecule has 4 heteroatoms. The SMILES string of the molecule is CN(C)c1ccccn1.c1c[nH]cn1. The molecule has 14 heavy (non-hydrogen) atoms. The fourth-order valence-electron chi connectivity index (χ4n) is 0.833. The first kappa shape index (κ1) is 10.2. The first-order valence-corrected chi connectivity index (χ1v) is 4.32. The van der Waals surface area contributed by atoms with Crippen molar-refractivity contribution in [3.63, 3.8) is 0 Å². The van der Waals surface area contributed by atoms with Crippen LogP contribution < -0.4 is 4.90 Å². The maximum atomic E-state index is 4.10. The van der Waals surface area contributed by atoms with Gasteiger partial charge in [0.2, 0.25) is 0 Å². The number of anilines is 1. The lowest BCUT2D eigenvalue weighted by Gasteiger charge is -2.08. The molecular weight excluding hydrogens is 176 g/mol. The normalized spacial score (nSPS) is 8.71. The zero-order valence-corrected chi connectivity index (χ0v) is 8.38. The molecule has 1 N–H and O–H groups in total. The van der Waals surface area contributed by atoms with Crippen LogP contribution in [0.15, 0.2) is 43.1 Å². The van der Waals surface area contributed by atoms with Crippen molar-refractivity contribution >= 4 is 5.82 Å². The molecule has 0 aliphatic rings. The highest BCUT2D eigenvalue weighted by molar-refractivity contribution is 5.34. The second-order valence-corrected chi connectivity index (χ2v) is 2.84. The van der Waals surface area contributed by atoms with Crippen molar-refractivity contribution in [2.24, 2.45) is 0 Å². The van der Waals surface area contributed by atoms with E-state index in [1.165, 1.54) is 0 Å². The molecule has 4 nitrogen and oxygen atoms in total. The van der Waals surface area contributed by atoms with Crippen molar-refractivity contribution in [1.82, 2.24) is 15.0 Å². The summed E-state index contributed by atoms with van der Waals surface area (Å²) >= 11 is 0. The molecule has 74 valence electrons. The summed E-state index contributed by atoms with van der Waals surface area (Å²) < 4.78 is 0. The molecule has 0 saturated carbocycles. The highest BCUT2D eigenvalue weighted by Gasteiger charge is 1.89. The summed E-state index contributed by atoms with van der Waals surface area (Å²) in [7, 11) is 3.95. The summed E-state index contributed by atoms with van der Waals surface area (Å²) in [4.78, 5) is 12.5. The summed E-state index contributed by atoms with van der Waals surface area (Å²) in [5, 5.41) is 0. The zero-order chi connectivity index (χ0) is 10.2. The number of aromatic nitrogens is 3. The molecule has 2 aromatic rings. The number of pyridine rings is 1. The fraction of sp³-hybridized carbons (Fsp3) is 0.200. The van der Waals surface area contributed by atoms with Gasteiger partial charge in [0.1, 0.15) is 5.82 Å². The Bertz CT molecular complexity index is 298. The summed E-state index contributed by atoms with van der Waals surface area (Å²) in [5.41, 5.74) is 0. The van der Waals surface area contributed by atoms with Crippen LogP contribution in [0.3, 0.4) is 0 Å². The van der Waals surface area contributed by atoms with Crippen molar-refractivity contribution in [3.8, 4) is 0 Å². The van der Waals surface area contributed by atoms with Crippen LogP contribution in [0.1, 0.15) is 0 Å². The topological polar surface area (TPSA) is 44.8 Å². The van der Waals surface area contributed by atoms with Crippen LogP contribution in [-0.2, 0) is 0 Å². The molecule has 2 aromatic heterocycles. The van der Waals surface area contributed by atoms with E-state index in [0.717, 1.165) is 5.82 Å². The van der Waals surface area contributed by atoms with E-state index in [1.54, 1.807) is 24.9 Å². The molecule has 0 bridgehead atoms. The van der Waals surface area contributed by atoms with Gasteiger partial charge < -0.3 is 9.88 Å². The van der Waals surface area contributed by atoms with E-state index in [-0.39, 0.29) is 0 Å². The molecule has 0 atom stereocenters. The van der Waals surface area contributed by atoms with Crippen LogP contribution in [0.25, 0.3) is 0 Å². The van der Waals surface area contributed by atoms with Gasteiger partial charge in [-0.2, -0.15) is 0 Å². The van der Waals surface area contributed by atoms with Gasteiger partial charge in [-0.15, -0.1) is 0 Å². The molecule has 2 rings (SSSR count). The minimum atomic E-state index is 0.998. The maximum Gasteiger partial charge on any atom is 0.127 e. The molecule has 0 spiro atoms. The Morgan fingerprint density at radius 1 is 1.21 bits per heavy atom. The quantitative estimate of drug-likeness (QED) is 0.742. The van der Waals surface area contributed by atoms with Crippen LogP contribution >= 0.6 is 0 Å². The van der Waals surface area contributed by atoms with E-state index in [4.69, 9.17) is 0 Å². The first-order chi connectivity index (χ1) is 6.80. The molecule has 0 unspecified atom stereocenters. The molecule has 0 aliphatic heterocycles. The third kappa shape index (κ3) is 3.71. The molecular formula is C10H14N4. The van der Waals surface area contributed by atoms with Crippen molar-refractivity contribution in [2.75, 3.05) is 19.0 Å². The predicted molar refractivity (Wildman–Crippen MR) is 57.2 cm³/mol. The number of hydrogen-bond acceptors (Lipinski definition) is 3. The summed E-state index contributed by atoms with van der Waals surface area (Å²) in [6.45, 7) is 0. The summed E-state index contributed by atoms with van der Waals surface area (Å²) in [6, 6.07) is 5.86. The Morgan fingerprint density at radius 3 is 2.36 bits per heavy atom. The number of nitrogens with one attached hydrogen (secondary N) is 1. The molecule has 2 heterocycles. The van der Waals surface area contributed by atoms with Gasteiger partial charge in [-0.1, -0.05) is 6.07 Å². The lowest BCUT2D eigenvalue weighted by atomic mass is 10.4. The third-order valence-corrected chi connectivity index (χ3v) is 1.51. The number of hydrogen-bond donors (Lipinski definition) is 1. The number of imidazole rings is 1. The highest BCUT2D eigenvalue weighted by atomic mass is 15.1. The van der Waals surface area contributed by atoms with Crippen molar-refractivity contribution in [3.05, 3.63) is 43.1 Å². The second-order valence-electron chi connectivity index (χ2n) is 2.84. The van der Waals surface area contributed by atoms with Crippen LogP contribution in [0.5, 0.6) is 0 Å². The second kappa shape index (κ2) is 5.75. The lowest BCUT2D eigenvalue weighted by molar-refractivity contribution is 1.07. The zero-order valence-electron chi connectivity index (χ0n) is 8.38. The Morgan fingerprint density at radius 2 is 2.07 bits per heavy atom. The van der Waals surface area contributed by atoms with E-state index in [2.05, 4.69) is 15.0 Å². The first-order valence-electron chi connectivity index (χ1n) is 4.32. The summed E-state index contributed by atoms with van der Waals surface area (Å²) in [6.07, 6.45) is 6.87. The number of rotatable bonds is 1. The largest absolute Gasteiger partial charge is 0.363 e. The molecule has 0 radical (unpaired) electrons. The van der Waals surface area contributed by atoms with E-state index in [9.17, 15) is 0 Å². The highest BCUT2D eigenvalue weighted by Crippen LogP contribution is 2.02. The van der Waals surface area contributed by atoms with E-state index >= 15 is 0 Å². The van der Waals surface area contributed by atoms with Gasteiger partial charge in [0.25, 0.3) is 0 Å². The van der Waals surface area contributed by atoms with Gasteiger partial charge in [-0.3, -0.25) is 0 Å². The van der Waals surface area contributed by atoms with Crippen LogP contribution in [0, 0.1) is 0 Å². The minimum absolute atomic E-state index is 0.998. The standard InChI is InChI=1S/C7H10N2.C3H4N2/c1-9(2)7-5-3-4-6-8-7;1-2-5-3-4-1/h3-6H,1-2H3;1-3H,(H,4,5). The Hall–Kier alpha value is -1.84. The van der Waals surface area contributed by atoms with E-state index in [1.807, 2.05) is 37.2 Å². The average Bonchev–Trinajstić information content (AvgIpc) is 2.77. The summed E-state index contributed by atoms with van der Waals surface area (Å²) in [5.74, 6) is 0.998.